The molecule has 0 unspecified atom stereocenters. The molecule has 3 N–H and O–H groups in total. The molecule has 4 aromatic rings. The number of aliphatic carboxylic acids is 1. The molecule has 1 heterocycles. The second-order valence-corrected chi connectivity index (χ2v) is 11.7. The van der Waals surface area contributed by atoms with Crippen molar-refractivity contribution in [2.24, 2.45) is 5.73 Å². The number of nitrogens with zero attached hydrogens (tertiary/aromatic N) is 1. The average molecular weight is 665 g/mol. The molecule has 1 aliphatic carbocycles. The summed E-state index contributed by atoms with van der Waals surface area (Å²) in [4.78, 5) is 27.1. The third kappa shape index (κ3) is 10.9. The highest BCUT2D eigenvalue weighted by atomic mass is 32.2. The summed E-state index contributed by atoms with van der Waals surface area (Å²) in [6, 6.07) is 27.6. The van der Waals surface area contributed by atoms with E-state index < -0.39 is 23.6 Å². The largest absolute Gasteiger partial charge is 0.481 e. The van der Waals surface area contributed by atoms with Gasteiger partial charge < -0.3 is 10.8 Å². The second kappa shape index (κ2) is 17.9. The van der Waals surface area contributed by atoms with Crippen molar-refractivity contribution in [3.05, 3.63) is 131 Å². The van der Waals surface area contributed by atoms with Crippen LogP contribution in [0.1, 0.15) is 47.7 Å². The van der Waals surface area contributed by atoms with E-state index in [9.17, 15) is 22.8 Å². The summed E-state index contributed by atoms with van der Waals surface area (Å²) in [7, 11) is 0. The number of carbonyl (C=O) groups excluding carboxylic acids is 1. The van der Waals surface area contributed by atoms with E-state index >= 15 is 0 Å². The topological polar surface area (TPSA) is 93.3 Å². The summed E-state index contributed by atoms with van der Waals surface area (Å²) in [5, 5.41) is 8.83. The fourth-order valence-electron chi connectivity index (χ4n) is 4.15. The normalized spacial score (nSPS) is 12.4. The molecule has 10 heteroatoms. The van der Waals surface area contributed by atoms with Gasteiger partial charge in [0, 0.05) is 22.7 Å². The number of benzene rings is 3. The lowest BCUT2D eigenvalue weighted by Crippen LogP contribution is -2.12. The molecular weight excluding hydrogens is 630 g/mol. The third-order valence-electron chi connectivity index (χ3n) is 6.40. The van der Waals surface area contributed by atoms with Gasteiger partial charge in [-0.2, -0.15) is 24.9 Å². The monoisotopic (exact) mass is 664 g/mol. The average Bonchev–Trinajstić information content (AvgIpc) is 3.35. The number of hydrogen-bond acceptors (Lipinski definition) is 5. The predicted octanol–water partition coefficient (Wildman–Crippen LogP) is 9.83. The van der Waals surface area contributed by atoms with Crippen molar-refractivity contribution in [3.8, 4) is 21.6 Å². The number of amides is 1. The van der Waals surface area contributed by atoms with Crippen LogP contribution < -0.4 is 5.73 Å². The van der Waals surface area contributed by atoms with Crippen LogP contribution in [0.25, 0.3) is 27.1 Å². The van der Waals surface area contributed by atoms with E-state index in [2.05, 4.69) is 4.98 Å². The summed E-state index contributed by atoms with van der Waals surface area (Å²) >= 11 is 2.88. The number of carboxylic acid groups (broad SMARTS) is 1. The van der Waals surface area contributed by atoms with E-state index in [-0.39, 0.29) is 18.5 Å². The fourth-order valence-corrected chi connectivity index (χ4v) is 6.13. The molecule has 0 aliphatic heterocycles. The van der Waals surface area contributed by atoms with Crippen LogP contribution in [-0.2, 0) is 10.5 Å². The van der Waals surface area contributed by atoms with Crippen molar-refractivity contribution in [3.63, 3.8) is 0 Å². The molecule has 1 amide bonds. The van der Waals surface area contributed by atoms with Gasteiger partial charge >= 0.3 is 12.1 Å². The number of nitrogens with two attached hydrogens (primary N) is 1. The van der Waals surface area contributed by atoms with Crippen LogP contribution in [0.3, 0.4) is 0 Å². The Bertz CT molecular complexity index is 1660. The van der Waals surface area contributed by atoms with E-state index in [0.29, 0.717) is 21.2 Å². The van der Waals surface area contributed by atoms with Crippen LogP contribution >= 0.6 is 23.1 Å². The highest BCUT2D eigenvalue weighted by Crippen LogP contribution is 2.37. The number of hydrogen-bond donors (Lipinski definition) is 2. The Morgan fingerprint density at radius 2 is 1.48 bits per heavy atom. The number of allylic oxidation sites excluding steroid dienone is 6. The molecule has 3 aromatic carbocycles. The summed E-state index contributed by atoms with van der Waals surface area (Å²) in [6.45, 7) is 4.00. The number of alkyl halides is 3. The van der Waals surface area contributed by atoms with Crippen LogP contribution in [0.4, 0.5) is 13.2 Å². The first kappa shape index (κ1) is 36.1. The lowest BCUT2D eigenvalue weighted by atomic mass is 10.0. The minimum absolute atomic E-state index is 0.103. The van der Waals surface area contributed by atoms with Crippen LogP contribution in [-0.4, -0.2) is 33.9 Å². The molecule has 5 rings (SSSR count). The number of aromatic nitrogens is 1. The summed E-state index contributed by atoms with van der Waals surface area (Å²) in [5.41, 5.74) is 9.60. The van der Waals surface area contributed by atoms with Gasteiger partial charge in [0.2, 0.25) is 0 Å². The molecule has 0 atom stereocenters. The zero-order valence-electron chi connectivity index (χ0n) is 25.5. The predicted molar refractivity (Wildman–Crippen MR) is 184 cm³/mol. The number of thioether (sulfide) groups is 1. The van der Waals surface area contributed by atoms with E-state index in [0.717, 1.165) is 28.5 Å². The summed E-state index contributed by atoms with van der Waals surface area (Å²) < 4.78 is 39.0. The number of rotatable bonds is 9. The minimum Gasteiger partial charge on any atom is -0.481 e. The number of halogens is 3. The van der Waals surface area contributed by atoms with E-state index in [4.69, 9.17) is 10.8 Å². The Kier molecular flexibility index (Phi) is 14.0. The molecule has 46 heavy (non-hydrogen) atoms. The molecule has 0 fully saturated rings. The first-order valence-electron chi connectivity index (χ1n) is 14.6. The molecule has 0 saturated heterocycles. The lowest BCUT2D eigenvalue weighted by molar-refractivity contribution is -0.136. The lowest BCUT2D eigenvalue weighted by Gasteiger charge is -2.07. The fraction of sp³-hybridized carbons (Fsp3) is 0.194. The van der Waals surface area contributed by atoms with Gasteiger partial charge in [-0.25, -0.2) is 4.98 Å². The van der Waals surface area contributed by atoms with Crippen LogP contribution in [0, 0.1) is 0 Å². The Labute approximate surface area is 275 Å². The standard InChI is InChI=1S/C24H17F3N2OS.C10H12O2S.C2H6/c25-24(26,27)19-8-4-7-18(13-14-19)23-29-20(22(28)30)21(31-23)17-11-9-16(10-12-17)15-5-2-1-3-6-15;11-10(12)6-7-13-8-9-4-2-1-3-5-9;1-2/h1-7,9-14H,8H2,(H2,28,30);1-5H,6-8H2,(H,11,12);1-2H3. The van der Waals surface area contributed by atoms with Crippen LogP contribution in [0.5, 0.6) is 0 Å². The molecule has 240 valence electrons. The molecule has 1 aromatic heterocycles. The van der Waals surface area contributed by atoms with E-state index in [1.54, 1.807) is 17.8 Å². The van der Waals surface area contributed by atoms with Gasteiger partial charge in [0.05, 0.1) is 11.3 Å². The maximum absolute atomic E-state index is 13.0. The summed E-state index contributed by atoms with van der Waals surface area (Å²) in [6.07, 6.45) is 1.10. The van der Waals surface area contributed by atoms with Gasteiger partial charge in [-0.1, -0.05) is 123 Å². The maximum Gasteiger partial charge on any atom is 0.412 e. The highest BCUT2D eigenvalue weighted by molar-refractivity contribution is 7.98. The molecule has 1 aliphatic rings. The Morgan fingerprint density at radius 1 is 0.891 bits per heavy atom. The van der Waals surface area contributed by atoms with Gasteiger partial charge in [0.1, 0.15) is 10.7 Å². The minimum atomic E-state index is -4.39. The van der Waals surface area contributed by atoms with E-state index in [1.165, 1.54) is 29.1 Å². The highest BCUT2D eigenvalue weighted by Gasteiger charge is 2.32. The maximum atomic E-state index is 13.0. The van der Waals surface area contributed by atoms with Crippen molar-refractivity contribution in [1.82, 2.24) is 4.98 Å². The molecule has 0 bridgehead atoms. The number of thiazole rings is 1. The van der Waals surface area contributed by atoms with Crippen LogP contribution in [0.15, 0.2) is 115 Å². The second-order valence-electron chi connectivity index (χ2n) is 9.60. The van der Waals surface area contributed by atoms with Crippen molar-refractivity contribution in [1.29, 1.82) is 0 Å². The van der Waals surface area contributed by atoms with Crippen LogP contribution in [0.2, 0.25) is 0 Å². The zero-order valence-corrected chi connectivity index (χ0v) is 27.1. The van der Waals surface area contributed by atoms with Gasteiger partial charge in [-0.05, 0) is 28.7 Å². The van der Waals surface area contributed by atoms with Gasteiger partial charge in [0.25, 0.3) is 5.91 Å². The SMILES string of the molecule is CC.NC(=O)c1nc(C2=CC=C(C(F)(F)F)CC=C2)sc1-c1ccc(-c2ccccc2)cc1.O=C(O)CCSCc1ccccc1. The first-order chi connectivity index (χ1) is 22.1. The van der Waals surface area contributed by atoms with Crippen molar-refractivity contribution in [2.45, 2.75) is 38.6 Å². The van der Waals surface area contributed by atoms with Gasteiger partial charge in [-0.15, -0.1) is 11.3 Å². The van der Waals surface area contributed by atoms with Gasteiger partial charge in [0.15, 0.2) is 0 Å². The molecule has 0 radical (unpaired) electrons. The van der Waals surface area contributed by atoms with Gasteiger partial charge in [-0.3, -0.25) is 9.59 Å². The first-order valence-corrected chi connectivity index (χ1v) is 16.5. The Hall–Kier alpha value is -4.41. The van der Waals surface area contributed by atoms with Crippen molar-refractivity contribution >= 4 is 40.5 Å². The Morgan fingerprint density at radius 3 is 2.07 bits per heavy atom. The van der Waals surface area contributed by atoms with Crippen molar-refractivity contribution < 1.29 is 27.9 Å². The Balaban J connectivity index is 0.000000322. The molecule has 0 saturated carbocycles. The van der Waals surface area contributed by atoms with E-state index in [1.807, 2.05) is 98.8 Å². The quantitative estimate of drug-likeness (QED) is 0.174. The third-order valence-corrected chi connectivity index (χ3v) is 8.58. The number of carbonyl (C=O) groups is 2. The number of carboxylic acids is 1. The molecular formula is C36H35F3N2O3S2. The smallest absolute Gasteiger partial charge is 0.412 e. The van der Waals surface area contributed by atoms with Crippen molar-refractivity contribution in [2.75, 3.05) is 5.75 Å². The zero-order chi connectivity index (χ0) is 33.5. The molecule has 0 spiro atoms. The molecule has 5 nitrogen and oxygen atoms in total. The summed E-state index contributed by atoms with van der Waals surface area (Å²) in [5.74, 6) is 0.174. The number of primary amides is 1.